The molecule has 2 aliphatic rings. The number of nitrogens with one attached hydrogen (secondary N) is 1. The number of rotatable bonds is 6. The average Bonchev–Trinajstić information content (AvgIpc) is 3.29. The number of esters is 1. The lowest BCUT2D eigenvalue weighted by atomic mass is 9.98. The first-order valence-electron chi connectivity index (χ1n) is 11.5. The monoisotopic (exact) mass is 488 g/mol. The van der Waals surface area contributed by atoms with E-state index in [4.69, 9.17) is 4.74 Å². The summed E-state index contributed by atoms with van der Waals surface area (Å²) in [6, 6.07) is 9.67. The summed E-state index contributed by atoms with van der Waals surface area (Å²) in [7, 11) is -3.62. The van der Waals surface area contributed by atoms with Gasteiger partial charge in [-0.25, -0.2) is 12.8 Å². The quantitative estimate of drug-likeness (QED) is 0.628. The number of halogens is 1. The number of carbonyl (C=O) groups excluding carboxylic acids is 2. The molecule has 1 fully saturated rings. The highest BCUT2D eigenvalue weighted by molar-refractivity contribution is 7.89. The fraction of sp³-hybridized carbons (Fsp3) is 0.440. The Hall–Kier alpha value is -2.78. The van der Waals surface area contributed by atoms with Gasteiger partial charge < -0.3 is 10.1 Å². The van der Waals surface area contributed by atoms with E-state index in [1.165, 1.54) is 22.9 Å². The van der Waals surface area contributed by atoms with Gasteiger partial charge in [0.05, 0.1) is 10.8 Å². The van der Waals surface area contributed by atoms with Gasteiger partial charge in [0, 0.05) is 18.8 Å². The Balaban J connectivity index is 1.30. The van der Waals surface area contributed by atoms with Crippen molar-refractivity contribution >= 4 is 27.6 Å². The summed E-state index contributed by atoms with van der Waals surface area (Å²) in [6.07, 6.45) is 2.51. The van der Waals surface area contributed by atoms with Crippen molar-refractivity contribution in [3.8, 4) is 0 Å². The first-order valence-corrected chi connectivity index (χ1v) is 13.0. The van der Waals surface area contributed by atoms with E-state index in [1.807, 2.05) is 6.07 Å². The predicted molar refractivity (Wildman–Crippen MR) is 125 cm³/mol. The van der Waals surface area contributed by atoms with Crippen LogP contribution in [0.15, 0.2) is 41.3 Å². The number of anilines is 1. The van der Waals surface area contributed by atoms with E-state index in [-0.39, 0.29) is 18.8 Å². The zero-order valence-corrected chi connectivity index (χ0v) is 20.2. The lowest BCUT2D eigenvalue weighted by Gasteiger charge is -2.30. The highest BCUT2D eigenvalue weighted by Gasteiger charge is 2.34. The minimum atomic E-state index is -3.62. The summed E-state index contributed by atoms with van der Waals surface area (Å²) in [6.45, 7) is 3.49. The first kappa shape index (κ1) is 24.3. The molecule has 0 saturated carbocycles. The molecule has 2 aromatic carbocycles. The molecule has 9 heteroatoms. The third-order valence-electron chi connectivity index (χ3n) is 6.60. The van der Waals surface area contributed by atoms with Crippen LogP contribution in [0.4, 0.5) is 10.1 Å². The molecular weight excluding hydrogens is 459 g/mol. The maximum absolute atomic E-state index is 13.7. The zero-order chi connectivity index (χ0) is 24.5. The smallest absolute Gasteiger partial charge is 0.309 e. The molecule has 0 radical (unpaired) electrons. The van der Waals surface area contributed by atoms with Gasteiger partial charge in [0.2, 0.25) is 10.0 Å². The number of carbonyl (C=O) groups is 2. The molecule has 1 aliphatic carbocycles. The van der Waals surface area contributed by atoms with Gasteiger partial charge in [0.25, 0.3) is 5.91 Å². The lowest BCUT2D eigenvalue weighted by molar-refractivity contribution is -0.158. The molecule has 1 atom stereocenters. The van der Waals surface area contributed by atoms with Gasteiger partial charge >= 0.3 is 5.97 Å². The Morgan fingerprint density at radius 1 is 1.09 bits per heavy atom. The van der Waals surface area contributed by atoms with E-state index in [2.05, 4.69) is 5.32 Å². The second-order valence-electron chi connectivity index (χ2n) is 8.99. The van der Waals surface area contributed by atoms with Crippen LogP contribution in [0.3, 0.4) is 0 Å². The SMILES string of the molecule is Cc1ccc(NC(=O)C(C)OC(=O)C2CCN(S(=O)(=O)c3ccc4c(c3)CCC4)CC2)cc1F. The molecule has 1 saturated heterocycles. The van der Waals surface area contributed by atoms with Crippen LogP contribution in [0.5, 0.6) is 0 Å². The lowest BCUT2D eigenvalue weighted by Crippen LogP contribution is -2.41. The van der Waals surface area contributed by atoms with Gasteiger partial charge in [0.1, 0.15) is 5.82 Å². The van der Waals surface area contributed by atoms with Crippen LogP contribution in [-0.2, 0) is 37.2 Å². The standard InChI is InChI=1S/C25H29FN2O5S/c1-16-6-8-21(15-23(16)26)27-24(29)17(2)33-25(30)19-10-12-28(13-11-19)34(31,32)22-9-7-18-4-3-5-20(18)14-22/h6-9,14-15,17,19H,3-5,10-13H2,1-2H3,(H,27,29). The summed E-state index contributed by atoms with van der Waals surface area (Å²) in [5.74, 6) is -2.02. The maximum atomic E-state index is 13.7. The number of amides is 1. The Kier molecular flexibility index (Phi) is 7.04. The fourth-order valence-corrected chi connectivity index (χ4v) is 5.95. The second-order valence-corrected chi connectivity index (χ2v) is 10.9. The molecule has 0 aromatic heterocycles. The van der Waals surface area contributed by atoms with Gasteiger partial charge in [-0.2, -0.15) is 4.31 Å². The number of sulfonamides is 1. The van der Waals surface area contributed by atoms with Crippen LogP contribution in [0, 0.1) is 18.7 Å². The number of aryl methyl sites for hydroxylation is 3. The molecule has 1 unspecified atom stereocenters. The van der Waals surface area contributed by atoms with Crippen molar-refractivity contribution in [2.24, 2.45) is 5.92 Å². The third kappa shape index (κ3) is 5.15. The third-order valence-corrected chi connectivity index (χ3v) is 8.49. The molecule has 7 nitrogen and oxygen atoms in total. The van der Waals surface area contributed by atoms with Gasteiger partial charge in [-0.1, -0.05) is 12.1 Å². The van der Waals surface area contributed by atoms with Crippen molar-refractivity contribution in [2.75, 3.05) is 18.4 Å². The molecule has 4 rings (SSSR count). The van der Waals surface area contributed by atoms with Gasteiger partial charge in [-0.15, -0.1) is 0 Å². The normalized spacial score (nSPS) is 17.7. The maximum Gasteiger partial charge on any atom is 0.309 e. The van der Waals surface area contributed by atoms with E-state index in [0.717, 1.165) is 24.8 Å². The largest absolute Gasteiger partial charge is 0.452 e. The van der Waals surface area contributed by atoms with E-state index < -0.39 is 39.7 Å². The molecular formula is C25H29FN2O5S. The number of hydrogen-bond acceptors (Lipinski definition) is 5. The molecule has 1 N–H and O–H groups in total. The highest BCUT2D eigenvalue weighted by Crippen LogP contribution is 2.29. The molecule has 2 aromatic rings. The highest BCUT2D eigenvalue weighted by atomic mass is 32.2. The molecule has 34 heavy (non-hydrogen) atoms. The summed E-state index contributed by atoms with van der Waals surface area (Å²) < 4.78 is 46.6. The molecule has 1 heterocycles. The zero-order valence-electron chi connectivity index (χ0n) is 19.3. The number of piperidine rings is 1. The van der Waals surface area contributed by atoms with Crippen LogP contribution >= 0.6 is 0 Å². The molecule has 0 bridgehead atoms. The van der Waals surface area contributed by atoms with Gasteiger partial charge in [-0.05, 0) is 86.9 Å². The van der Waals surface area contributed by atoms with Crippen LogP contribution in [0.2, 0.25) is 0 Å². The van der Waals surface area contributed by atoms with Crippen LogP contribution in [-0.4, -0.2) is 43.8 Å². The number of hydrogen-bond donors (Lipinski definition) is 1. The Morgan fingerprint density at radius 2 is 1.79 bits per heavy atom. The van der Waals surface area contributed by atoms with Gasteiger partial charge in [0.15, 0.2) is 6.10 Å². The Bertz CT molecular complexity index is 1210. The summed E-state index contributed by atoms with van der Waals surface area (Å²) in [4.78, 5) is 25.2. The first-order chi connectivity index (χ1) is 16.1. The van der Waals surface area contributed by atoms with Crippen molar-refractivity contribution in [3.05, 3.63) is 58.9 Å². The van der Waals surface area contributed by atoms with E-state index >= 15 is 0 Å². The van der Waals surface area contributed by atoms with E-state index in [0.29, 0.717) is 23.3 Å². The topological polar surface area (TPSA) is 92.8 Å². The van der Waals surface area contributed by atoms with Gasteiger partial charge in [-0.3, -0.25) is 9.59 Å². The summed E-state index contributed by atoms with van der Waals surface area (Å²) in [5, 5.41) is 2.54. The number of fused-ring (bicyclic) bond motifs is 1. The van der Waals surface area contributed by atoms with Crippen LogP contribution in [0.1, 0.15) is 42.9 Å². The summed E-state index contributed by atoms with van der Waals surface area (Å²) in [5.41, 5.74) is 3.05. The number of benzene rings is 2. The Labute approximate surface area is 199 Å². The fourth-order valence-electron chi connectivity index (χ4n) is 4.43. The minimum absolute atomic E-state index is 0.211. The van der Waals surface area contributed by atoms with Crippen molar-refractivity contribution in [1.82, 2.24) is 4.31 Å². The average molecular weight is 489 g/mol. The number of nitrogens with zero attached hydrogens (tertiary/aromatic N) is 1. The second kappa shape index (κ2) is 9.84. The van der Waals surface area contributed by atoms with Crippen molar-refractivity contribution < 1.29 is 27.1 Å². The van der Waals surface area contributed by atoms with Crippen molar-refractivity contribution in [2.45, 2.75) is 57.0 Å². The van der Waals surface area contributed by atoms with Crippen molar-refractivity contribution in [1.29, 1.82) is 0 Å². The summed E-state index contributed by atoms with van der Waals surface area (Å²) >= 11 is 0. The van der Waals surface area contributed by atoms with Crippen LogP contribution < -0.4 is 5.32 Å². The molecule has 1 amide bonds. The van der Waals surface area contributed by atoms with Crippen molar-refractivity contribution in [3.63, 3.8) is 0 Å². The minimum Gasteiger partial charge on any atom is -0.452 e. The predicted octanol–water partition coefficient (Wildman–Crippen LogP) is 3.59. The van der Waals surface area contributed by atoms with E-state index in [1.54, 1.807) is 31.2 Å². The Morgan fingerprint density at radius 3 is 2.50 bits per heavy atom. The van der Waals surface area contributed by atoms with Crippen LogP contribution in [0.25, 0.3) is 0 Å². The molecule has 1 aliphatic heterocycles. The molecule has 182 valence electrons. The van der Waals surface area contributed by atoms with E-state index in [9.17, 15) is 22.4 Å². The number of ether oxygens (including phenoxy) is 1. The molecule has 0 spiro atoms.